The number of Topliss-reactive ketones (excluding diaryl/α,β-unsaturated/α-hetero) is 3. The maximum Gasteiger partial charge on any atom is 0.136 e. The summed E-state index contributed by atoms with van der Waals surface area (Å²) in [5.41, 5.74) is -1.35. The van der Waals surface area contributed by atoms with Gasteiger partial charge in [0.25, 0.3) is 0 Å². The van der Waals surface area contributed by atoms with E-state index in [-0.39, 0.29) is 30.2 Å². The molecule has 1 radical (unpaired) electrons. The lowest BCUT2D eigenvalue weighted by Gasteiger charge is -2.54. The molecule has 109 valence electrons. The first-order chi connectivity index (χ1) is 9.46. The molecule has 2 aliphatic carbocycles. The van der Waals surface area contributed by atoms with Gasteiger partial charge in [-0.3, -0.25) is 14.4 Å². The molecule has 0 unspecified atom stereocenters. The Bertz CT molecular complexity index is 410. The first-order valence-corrected chi connectivity index (χ1v) is 7.48. The molecule has 5 heteroatoms. The van der Waals surface area contributed by atoms with Crippen LogP contribution in [0.2, 0.25) is 0 Å². The molecular formula is C15H20NO4. The standard InChI is InChI=1S/C15H20NO4/c17-11-1-5-14(6-2-11)9-13(19)10-15(16(14)20)7-3-12(18)4-8-15/h1-10H2/i16+1. The highest BCUT2D eigenvalue weighted by Crippen LogP contribution is 2.48. The summed E-state index contributed by atoms with van der Waals surface area (Å²) in [6, 6.07) is 0. The third-order valence-electron chi connectivity index (χ3n) is 5.39. The second-order valence-corrected chi connectivity index (χ2v) is 6.71. The van der Waals surface area contributed by atoms with E-state index in [1.54, 1.807) is 0 Å². The van der Waals surface area contributed by atoms with E-state index in [1.807, 2.05) is 0 Å². The monoisotopic (exact) mass is 279 g/mol. The number of ketones is 3. The van der Waals surface area contributed by atoms with E-state index < -0.39 is 11.1 Å². The van der Waals surface area contributed by atoms with Crippen LogP contribution in [0.4, 0.5) is 0 Å². The number of piperidine rings is 1. The van der Waals surface area contributed by atoms with Gasteiger partial charge >= 0.3 is 0 Å². The van der Waals surface area contributed by atoms with E-state index in [0.29, 0.717) is 51.4 Å². The Morgan fingerprint density at radius 2 is 1.00 bits per heavy atom. The van der Waals surface area contributed by atoms with Gasteiger partial charge in [-0.2, -0.15) is 0 Å². The molecule has 3 fully saturated rings. The van der Waals surface area contributed by atoms with Crippen molar-refractivity contribution in [2.45, 2.75) is 75.3 Å². The quantitative estimate of drug-likeness (QED) is 0.633. The Morgan fingerprint density at radius 1 is 0.650 bits per heavy atom. The van der Waals surface area contributed by atoms with Crippen LogP contribution < -0.4 is 0 Å². The maximum atomic E-state index is 13.0. The summed E-state index contributed by atoms with van der Waals surface area (Å²) in [6.45, 7) is 0. The van der Waals surface area contributed by atoms with E-state index in [9.17, 15) is 19.6 Å². The van der Waals surface area contributed by atoms with Crippen LogP contribution in [0.5, 0.6) is 0 Å². The predicted molar refractivity (Wildman–Crippen MR) is 69.2 cm³/mol. The van der Waals surface area contributed by atoms with Crippen molar-refractivity contribution in [3.05, 3.63) is 0 Å². The highest BCUT2D eigenvalue weighted by Gasteiger charge is 2.56. The normalized spacial score (nSPS) is 30.1. The fourth-order valence-electron chi connectivity index (χ4n) is 4.19. The number of hydroxylamine groups is 2. The molecular weight excluding hydrogens is 259 g/mol. The molecule has 20 heavy (non-hydrogen) atoms. The van der Waals surface area contributed by atoms with Gasteiger partial charge in [-0.15, -0.1) is 10.3 Å². The third kappa shape index (κ3) is 2.13. The molecule has 0 bridgehead atoms. The molecule has 2 saturated carbocycles. The molecule has 0 atom stereocenters. The van der Waals surface area contributed by atoms with Crippen molar-refractivity contribution in [3.8, 4) is 0 Å². The van der Waals surface area contributed by atoms with Crippen LogP contribution in [0.15, 0.2) is 0 Å². The van der Waals surface area contributed by atoms with E-state index in [2.05, 4.69) is 0 Å². The van der Waals surface area contributed by atoms with Crippen LogP contribution in [0, 0.1) is 0 Å². The Morgan fingerprint density at radius 3 is 1.35 bits per heavy atom. The zero-order chi connectivity index (χ0) is 14.4. The first-order valence-electron chi connectivity index (χ1n) is 7.48. The van der Waals surface area contributed by atoms with Crippen molar-refractivity contribution in [2.75, 3.05) is 0 Å². The lowest BCUT2D eigenvalue weighted by molar-refractivity contribution is -0.307. The second-order valence-electron chi connectivity index (χ2n) is 6.71. The molecule has 0 aromatic rings. The molecule has 0 amide bonds. The summed E-state index contributed by atoms with van der Waals surface area (Å²) in [6.07, 6.45) is 4.16. The van der Waals surface area contributed by atoms with Gasteiger partial charge in [0.1, 0.15) is 17.3 Å². The fourth-order valence-corrected chi connectivity index (χ4v) is 4.19. The van der Waals surface area contributed by atoms with Crippen molar-refractivity contribution in [1.29, 1.82) is 0 Å². The smallest absolute Gasteiger partial charge is 0.136 e. The van der Waals surface area contributed by atoms with Crippen molar-refractivity contribution in [2.24, 2.45) is 0 Å². The molecule has 1 aliphatic heterocycles. The van der Waals surface area contributed by atoms with Gasteiger partial charge in [-0.1, -0.05) is 0 Å². The van der Waals surface area contributed by atoms with Gasteiger partial charge in [-0.05, 0) is 25.7 Å². The summed E-state index contributed by atoms with van der Waals surface area (Å²) >= 11 is 0. The minimum Gasteiger partial charge on any atom is -0.300 e. The van der Waals surface area contributed by atoms with E-state index in [1.165, 1.54) is 0 Å². The van der Waals surface area contributed by atoms with Gasteiger partial charge < -0.3 is 0 Å². The van der Waals surface area contributed by atoms with Crippen molar-refractivity contribution < 1.29 is 19.6 Å². The Hall–Kier alpha value is -1.07. The van der Waals surface area contributed by atoms with Gasteiger partial charge in [0.05, 0.1) is 11.1 Å². The number of rotatable bonds is 0. The molecule has 5 nitrogen and oxygen atoms in total. The first kappa shape index (κ1) is 13.9. The van der Waals surface area contributed by atoms with Gasteiger partial charge in [0.15, 0.2) is 0 Å². The highest BCUT2D eigenvalue weighted by molar-refractivity contribution is 5.85. The zero-order valence-corrected chi connectivity index (χ0v) is 11.7. The van der Waals surface area contributed by atoms with Crippen LogP contribution in [0.3, 0.4) is 0 Å². The van der Waals surface area contributed by atoms with Crippen molar-refractivity contribution >= 4 is 17.3 Å². The van der Waals surface area contributed by atoms with E-state index >= 15 is 0 Å². The largest absolute Gasteiger partial charge is 0.300 e. The van der Waals surface area contributed by atoms with Crippen molar-refractivity contribution in [3.63, 3.8) is 0 Å². The van der Waals surface area contributed by atoms with Gasteiger partial charge in [0, 0.05) is 38.5 Å². The number of hydrogen-bond donors (Lipinski definition) is 0. The molecule has 1 heterocycles. The summed E-state index contributed by atoms with van der Waals surface area (Å²) in [4.78, 5) is 35.1. The summed E-state index contributed by atoms with van der Waals surface area (Å²) in [5.74, 6) is 0.505. The third-order valence-corrected chi connectivity index (χ3v) is 5.39. The van der Waals surface area contributed by atoms with Crippen LogP contribution in [0.25, 0.3) is 0 Å². The molecule has 0 aromatic heterocycles. The second kappa shape index (κ2) is 4.74. The number of hydrogen-bond acceptors (Lipinski definition) is 4. The molecule has 0 aromatic carbocycles. The molecule has 3 rings (SSSR count). The molecule has 3 aliphatic rings. The van der Waals surface area contributed by atoms with E-state index in [4.69, 9.17) is 0 Å². The van der Waals surface area contributed by atoms with Crippen LogP contribution in [0.1, 0.15) is 64.2 Å². The SMILES string of the molecule is [O][15N]1C2(CCC(=O)CC2)CC(=O)CC12CCC(=O)CC2. The van der Waals surface area contributed by atoms with Crippen LogP contribution in [-0.2, 0) is 19.6 Å². The topological polar surface area (TPSA) is 74.3 Å². The minimum absolute atomic E-state index is 0.126. The Labute approximate surface area is 118 Å². The molecule has 1 saturated heterocycles. The average Bonchev–Trinajstić information content (AvgIpc) is 2.43. The van der Waals surface area contributed by atoms with E-state index in [0.717, 1.165) is 5.06 Å². The van der Waals surface area contributed by atoms with Crippen molar-refractivity contribution in [1.82, 2.24) is 5.06 Å². The fraction of sp³-hybridized carbons (Fsp3) is 0.800. The maximum absolute atomic E-state index is 13.0. The molecule has 0 N–H and O–H groups in total. The summed E-state index contributed by atoms with van der Waals surface area (Å²) in [7, 11) is 0. The lowest BCUT2D eigenvalue weighted by atomic mass is 9.69. The van der Waals surface area contributed by atoms with Gasteiger partial charge in [-0.25, -0.2) is 0 Å². The highest BCUT2D eigenvalue weighted by atomic mass is 16.8. The van der Waals surface area contributed by atoms with Crippen LogP contribution >= 0.6 is 0 Å². The summed E-state index contributed by atoms with van der Waals surface area (Å²) in [5, 5.41) is 14.1. The van der Waals surface area contributed by atoms with Gasteiger partial charge in [0.2, 0.25) is 0 Å². The summed E-state index contributed by atoms with van der Waals surface area (Å²) < 4.78 is 0. The molecule has 2 spiro atoms. The Balaban J connectivity index is 1.87. The number of carbonyl (C=O) groups excluding carboxylic acids is 3. The minimum atomic E-state index is -0.677. The number of carbonyl (C=O) groups is 3. The average molecular weight is 279 g/mol. The Kier molecular flexibility index (Phi) is 3.29. The number of nitrogens with zero attached hydrogens (tertiary/aromatic N) is 1. The van der Waals surface area contributed by atoms with Crippen LogP contribution in [-0.4, -0.2) is 33.5 Å². The predicted octanol–water partition coefficient (Wildman–Crippen LogP) is 1.76. The zero-order valence-electron chi connectivity index (χ0n) is 11.7. The lowest BCUT2D eigenvalue weighted by Crippen LogP contribution is -2.65.